The third kappa shape index (κ3) is 5.44. The first-order valence-electron chi connectivity index (χ1n) is 9.88. The van der Waals surface area contributed by atoms with Crippen LogP contribution < -0.4 is 5.32 Å². The van der Waals surface area contributed by atoms with Gasteiger partial charge in [-0.1, -0.05) is 49.4 Å². The molecule has 1 saturated heterocycles. The molecule has 1 N–H and O–H groups in total. The summed E-state index contributed by atoms with van der Waals surface area (Å²) in [7, 11) is 0. The number of anilines is 1. The largest absolute Gasteiger partial charge is 0.452 e. The fourth-order valence-electron chi connectivity index (χ4n) is 3.28. The highest BCUT2D eigenvalue weighted by Gasteiger charge is 2.36. The van der Waals surface area contributed by atoms with Gasteiger partial charge in [-0.3, -0.25) is 14.4 Å². The first-order chi connectivity index (χ1) is 14.0. The highest BCUT2D eigenvalue weighted by Crippen LogP contribution is 2.22. The van der Waals surface area contributed by atoms with Gasteiger partial charge in [-0.05, 0) is 36.6 Å². The van der Waals surface area contributed by atoms with Gasteiger partial charge in [-0.2, -0.15) is 0 Å². The summed E-state index contributed by atoms with van der Waals surface area (Å²) >= 11 is 0. The number of hydrogen-bond acceptors (Lipinski definition) is 4. The number of amides is 2. The maximum Gasteiger partial charge on any atom is 0.312 e. The summed E-state index contributed by atoms with van der Waals surface area (Å²) in [6.07, 6.45) is 0.0916. The Bertz CT molecular complexity index is 864. The molecule has 2 aromatic carbocycles. The minimum absolute atomic E-state index is 0.0797. The number of carbonyl (C=O) groups is 3. The zero-order chi connectivity index (χ0) is 20.8. The molecule has 6 nitrogen and oxygen atoms in total. The Hall–Kier alpha value is -3.15. The summed E-state index contributed by atoms with van der Waals surface area (Å²) in [4.78, 5) is 38.7. The van der Waals surface area contributed by atoms with Gasteiger partial charge >= 0.3 is 5.97 Å². The molecule has 6 heteroatoms. The molecular formula is C23H26N2O4. The van der Waals surface area contributed by atoms with Crippen molar-refractivity contribution in [3.8, 4) is 0 Å². The van der Waals surface area contributed by atoms with Gasteiger partial charge < -0.3 is 15.0 Å². The second-order valence-electron chi connectivity index (χ2n) is 7.28. The first kappa shape index (κ1) is 20.6. The number of likely N-dealkylation sites (tertiary alicyclic amines) is 1. The van der Waals surface area contributed by atoms with E-state index in [1.165, 1.54) is 12.5 Å². The molecular weight excluding hydrogens is 368 g/mol. The Morgan fingerprint density at radius 1 is 1.10 bits per heavy atom. The van der Waals surface area contributed by atoms with Crippen molar-refractivity contribution >= 4 is 23.5 Å². The average Bonchev–Trinajstić information content (AvgIpc) is 3.09. The lowest BCUT2D eigenvalue weighted by molar-refractivity contribution is -0.157. The van der Waals surface area contributed by atoms with Gasteiger partial charge in [0.1, 0.15) is 0 Å². The van der Waals surface area contributed by atoms with Crippen LogP contribution in [0, 0.1) is 5.92 Å². The molecule has 0 aromatic heterocycles. The molecule has 152 valence electrons. The van der Waals surface area contributed by atoms with Crippen LogP contribution in [0.2, 0.25) is 0 Å². The number of ether oxygens (including phenoxy) is 1. The summed E-state index contributed by atoms with van der Waals surface area (Å²) in [6.45, 7) is 4.36. The Labute approximate surface area is 170 Å². The standard InChI is InChI=1S/C23H26N2O4/c1-3-17-9-11-20(12-10-17)24-22(27)16(2)29-23(28)19-13-21(26)25(15-19)14-18-7-5-4-6-8-18/h4-12,16,19H,3,13-15H2,1-2H3,(H,24,27)/t16-,19-/m1/s1. The molecule has 1 heterocycles. The van der Waals surface area contributed by atoms with Gasteiger partial charge in [0, 0.05) is 25.2 Å². The molecule has 0 radical (unpaired) electrons. The minimum Gasteiger partial charge on any atom is -0.452 e. The third-order valence-electron chi connectivity index (χ3n) is 5.06. The van der Waals surface area contributed by atoms with Crippen molar-refractivity contribution < 1.29 is 19.1 Å². The highest BCUT2D eigenvalue weighted by molar-refractivity contribution is 5.95. The van der Waals surface area contributed by atoms with E-state index < -0.39 is 23.9 Å². The van der Waals surface area contributed by atoms with Gasteiger partial charge in [0.05, 0.1) is 5.92 Å². The molecule has 3 rings (SSSR count). The summed E-state index contributed by atoms with van der Waals surface area (Å²) < 4.78 is 5.33. The normalized spacial score (nSPS) is 17.1. The van der Waals surface area contributed by atoms with E-state index in [1.807, 2.05) is 54.6 Å². The molecule has 0 spiro atoms. The second kappa shape index (κ2) is 9.37. The lowest BCUT2D eigenvalue weighted by atomic mass is 10.1. The Morgan fingerprint density at radius 3 is 2.45 bits per heavy atom. The molecule has 29 heavy (non-hydrogen) atoms. The molecule has 0 bridgehead atoms. The predicted molar refractivity (Wildman–Crippen MR) is 110 cm³/mol. The summed E-state index contributed by atoms with van der Waals surface area (Å²) in [5, 5.41) is 2.75. The zero-order valence-corrected chi connectivity index (χ0v) is 16.8. The monoisotopic (exact) mass is 394 g/mol. The minimum atomic E-state index is -0.938. The SMILES string of the molecule is CCc1ccc(NC(=O)[C@@H](C)OC(=O)[C@@H]2CC(=O)N(Cc3ccccc3)C2)cc1. The fourth-order valence-corrected chi connectivity index (χ4v) is 3.28. The average molecular weight is 394 g/mol. The van der Waals surface area contributed by atoms with Crippen LogP contribution in [0.25, 0.3) is 0 Å². The highest BCUT2D eigenvalue weighted by atomic mass is 16.5. The number of rotatable bonds is 7. The summed E-state index contributed by atoms with van der Waals surface area (Å²) in [5.41, 5.74) is 2.84. The van der Waals surface area contributed by atoms with Crippen LogP contribution in [0.4, 0.5) is 5.69 Å². The molecule has 2 amide bonds. The maximum absolute atomic E-state index is 12.5. The van der Waals surface area contributed by atoms with Crippen LogP contribution in [-0.2, 0) is 32.1 Å². The van der Waals surface area contributed by atoms with Crippen molar-refractivity contribution in [1.29, 1.82) is 0 Å². The van der Waals surface area contributed by atoms with Gasteiger partial charge in [0.2, 0.25) is 5.91 Å². The number of hydrogen-bond donors (Lipinski definition) is 1. The maximum atomic E-state index is 12.5. The van der Waals surface area contributed by atoms with E-state index >= 15 is 0 Å². The Balaban J connectivity index is 1.51. The van der Waals surface area contributed by atoms with Crippen LogP contribution in [0.1, 0.15) is 31.4 Å². The van der Waals surface area contributed by atoms with Crippen molar-refractivity contribution in [2.75, 3.05) is 11.9 Å². The van der Waals surface area contributed by atoms with Gasteiger partial charge in [-0.25, -0.2) is 0 Å². The molecule has 2 aromatic rings. The van der Waals surface area contributed by atoms with Gasteiger partial charge in [0.15, 0.2) is 6.10 Å². The second-order valence-corrected chi connectivity index (χ2v) is 7.28. The van der Waals surface area contributed by atoms with Crippen molar-refractivity contribution in [2.45, 2.75) is 39.3 Å². The summed E-state index contributed by atoms with van der Waals surface area (Å²) in [5.74, 6) is -1.54. The van der Waals surface area contributed by atoms with E-state index in [0.29, 0.717) is 18.8 Å². The lowest BCUT2D eigenvalue weighted by Gasteiger charge is -2.18. The number of carbonyl (C=O) groups excluding carboxylic acids is 3. The summed E-state index contributed by atoms with van der Waals surface area (Å²) in [6, 6.07) is 17.2. The number of esters is 1. The van der Waals surface area contributed by atoms with Gasteiger partial charge in [0.25, 0.3) is 5.91 Å². The molecule has 0 unspecified atom stereocenters. The van der Waals surface area contributed by atoms with Crippen molar-refractivity contribution in [1.82, 2.24) is 4.90 Å². The molecule has 1 aliphatic rings. The zero-order valence-electron chi connectivity index (χ0n) is 16.8. The van der Waals surface area contributed by atoms with Gasteiger partial charge in [-0.15, -0.1) is 0 Å². The smallest absolute Gasteiger partial charge is 0.312 e. The first-order valence-corrected chi connectivity index (χ1v) is 9.88. The molecule has 1 aliphatic heterocycles. The number of nitrogens with zero attached hydrogens (tertiary/aromatic N) is 1. The van der Waals surface area contributed by atoms with Crippen molar-refractivity contribution in [3.63, 3.8) is 0 Å². The molecule has 0 saturated carbocycles. The van der Waals surface area contributed by atoms with Crippen LogP contribution in [0.3, 0.4) is 0 Å². The van der Waals surface area contributed by atoms with E-state index in [0.717, 1.165) is 12.0 Å². The van der Waals surface area contributed by atoms with Crippen LogP contribution in [0.5, 0.6) is 0 Å². The van der Waals surface area contributed by atoms with Crippen LogP contribution in [0.15, 0.2) is 54.6 Å². The third-order valence-corrected chi connectivity index (χ3v) is 5.06. The fraction of sp³-hybridized carbons (Fsp3) is 0.348. The lowest BCUT2D eigenvalue weighted by Crippen LogP contribution is -2.33. The number of aryl methyl sites for hydroxylation is 1. The predicted octanol–water partition coefficient (Wildman–Crippen LogP) is 3.17. The van der Waals surface area contributed by atoms with E-state index in [1.54, 1.807) is 4.90 Å². The topological polar surface area (TPSA) is 75.7 Å². The van der Waals surface area contributed by atoms with Crippen LogP contribution in [-0.4, -0.2) is 35.3 Å². The van der Waals surface area contributed by atoms with E-state index in [-0.39, 0.29) is 12.3 Å². The number of benzene rings is 2. The molecule has 2 atom stereocenters. The Kier molecular flexibility index (Phi) is 6.65. The van der Waals surface area contributed by atoms with E-state index in [9.17, 15) is 14.4 Å². The quantitative estimate of drug-likeness (QED) is 0.732. The van der Waals surface area contributed by atoms with Crippen LogP contribution >= 0.6 is 0 Å². The van der Waals surface area contributed by atoms with Crippen molar-refractivity contribution in [3.05, 3.63) is 65.7 Å². The number of nitrogens with one attached hydrogen (secondary N) is 1. The molecule has 1 fully saturated rings. The van der Waals surface area contributed by atoms with E-state index in [2.05, 4.69) is 12.2 Å². The Morgan fingerprint density at radius 2 is 1.79 bits per heavy atom. The van der Waals surface area contributed by atoms with Crippen molar-refractivity contribution in [2.24, 2.45) is 5.92 Å². The molecule has 0 aliphatic carbocycles. The van der Waals surface area contributed by atoms with E-state index in [4.69, 9.17) is 4.74 Å².